The fraction of sp³-hybridized carbons (Fsp3) is 0.357. The highest BCUT2D eigenvalue weighted by atomic mass is 16.5. The second-order valence-electron chi connectivity index (χ2n) is 9.15. The fourth-order valence-electron chi connectivity index (χ4n) is 4.98. The molecule has 5 rings (SSSR count). The van der Waals surface area contributed by atoms with E-state index < -0.39 is 0 Å². The summed E-state index contributed by atoms with van der Waals surface area (Å²) in [4.78, 5) is 29.4. The van der Waals surface area contributed by atoms with Gasteiger partial charge in [0.15, 0.2) is 0 Å². The van der Waals surface area contributed by atoms with Crippen LogP contribution in [0.3, 0.4) is 0 Å². The number of hydrogen-bond acceptors (Lipinski definition) is 5. The first-order valence-corrected chi connectivity index (χ1v) is 11.9. The van der Waals surface area contributed by atoms with Crippen LogP contribution in [0.5, 0.6) is 5.75 Å². The number of carbonyl (C=O) groups excluding carboxylic acids is 2. The van der Waals surface area contributed by atoms with Gasteiger partial charge in [-0.3, -0.25) is 14.5 Å². The largest absolute Gasteiger partial charge is 0.491 e. The maximum atomic E-state index is 13.3. The molecule has 0 bridgehead atoms. The molecule has 0 unspecified atom stereocenters. The second-order valence-corrected chi connectivity index (χ2v) is 9.15. The van der Waals surface area contributed by atoms with Gasteiger partial charge in [0.25, 0.3) is 5.91 Å². The number of piperidine rings is 1. The molecule has 6 nitrogen and oxygen atoms in total. The summed E-state index contributed by atoms with van der Waals surface area (Å²) in [7, 11) is 1.46. The number of amides is 1. The van der Waals surface area contributed by atoms with Gasteiger partial charge >= 0.3 is 5.97 Å². The van der Waals surface area contributed by atoms with Crippen LogP contribution in [-0.4, -0.2) is 55.0 Å². The van der Waals surface area contributed by atoms with E-state index in [-0.39, 0.29) is 17.8 Å². The van der Waals surface area contributed by atoms with Gasteiger partial charge in [0, 0.05) is 24.2 Å². The van der Waals surface area contributed by atoms with E-state index in [1.165, 1.54) is 12.7 Å². The number of nitrogens with zero attached hydrogens (tertiary/aromatic N) is 2. The molecule has 0 radical (unpaired) electrons. The first-order valence-electron chi connectivity index (χ1n) is 11.9. The average Bonchev–Trinajstić information content (AvgIpc) is 3.10. The number of benzene rings is 3. The standard InChI is InChI=1S/C28H30N2O4/c1-33-28(32)22-10-12-29(13-11-22)18-20-6-9-26-25(16-20)19-30(14-15-34-26)27(31)24-8-7-21-4-2-3-5-23(21)17-24/h2-9,16-17,22H,10-15,18-19H2,1H3. The number of rotatable bonds is 4. The van der Waals surface area contributed by atoms with Crippen molar-refractivity contribution in [3.8, 4) is 5.75 Å². The molecule has 1 fully saturated rings. The quantitative estimate of drug-likeness (QED) is 0.547. The number of hydrogen-bond donors (Lipinski definition) is 0. The Hall–Kier alpha value is -3.38. The number of carbonyl (C=O) groups is 2. The molecule has 2 heterocycles. The molecule has 0 atom stereocenters. The minimum absolute atomic E-state index is 0.0105. The van der Waals surface area contributed by atoms with Crippen molar-refractivity contribution < 1.29 is 19.1 Å². The van der Waals surface area contributed by atoms with Gasteiger partial charge in [-0.05, 0) is 66.5 Å². The highest BCUT2D eigenvalue weighted by Crippen LogP contribution is 2.27. The van der Waals surface area contributed by atoms with E-state index in [1.54, 1.807) is 0 Å². The zero-order chi connectivity index (χ0) is 23.5. The summed E-state index contributed by atoms with van der Waals surface area (Å²) in [5, 5.41) is 2.20. The molecule has 176 valence electrons. The first kappa shape index (κ1) is 22.4. The molecule has 0 aromatic heterocycles. The summed E-state index contributed by atoms with van der Waals surface area (Å²) in [6, 6.07) is 20.3. The fourth-order valence-corrected chi connectivity index (χ4v) is 4.98. The van der Waals surface area contributed by atoms with Crippen LogP contribution < -0.4 is 4.74 Å². The van der Waals surface area contributed by atoms with E-state index in [0.29, 0.717) is 25.3 Å². The second kappa shape index (κ2) is 9.85. The van der Waals surface area contributed by atoms with Crippen molar-refractivity contribution in [2.24, 2.45) is 5.92 Å². The lowest BCUT2D eigenvalue weighted by molar-refractivity contribution is -0.147. The van der Waals surface area contributed by atoms with E-state index in [0.717, 1.165) is 54.6 Å². The zero-order valence-corrected chi connectivity index (χ0v) is 19.5. The minimum atomic E-state index is -0.0991. The van der Waals surface area contributed by atoms with Crippen LogP contribution >= 0.6 is 0 Å². The van der Waals surface area contributed by atoms with Gasteiger partial charge in [-0.1, -0.05) is 36.4 Å². The van der Waals surface area contributed by atoms with Crippen LogP contribution in [0.4, 0.5) is 0 Å². The van der Waals surface area contributed by atoms with Crippen LogP contribution in [0, 0.1) is 5.92 Å². The molecule has 2 aliphatic heterocycles. The number of fused-ring (bicyclic) bond motifs is 2. The van der Waals surface area contributed by atoms with Crippen molar-refractivity contribution in [1.82, 2.24) is 9.80 Å². The van der Waals surface area contributed by atoms with Gasteiger partial charge in [0.05, 0.1) is 19.6 Å². The lowest BCUT2D eigenvalue weighted by Crippen LogP contribution is -2.36. The molecule has 34 heavy (non-hydrogen) atoms. The van der Waals surface area contributed by atoms with Crippen molar-refractivity contribution >= 4 is 22.6 Å². The predicted octanol–water partition coefficient (Wildman–Crippen LogP) is 4.26. The summed E-state index contributed by atoms with van der Waals surface area (Å²) in [6.45, 7) is 4.13. The monoisotopic (exact) mass is 458 g/mol. The van der Waals surface area contributed by atoms with Gasteiger partial charge in [-0.15, -0.1) is 0 Å². The third-order valence-corrected chi connectivity index (χ3v) is 6.92. The molecule has 1 amide bonds. The Kier molecular flexibility index (Phi) is 6.50. The normalized spacial score (nSPS) is 17.0. The van der Waals surface area contributed by atoms with Crippen LogP contribution in [0.25, 0.3) is 10.8 Å². The maximum Gasteiger partial charge on any atom is 0.308 e. The molecule has 3 aromatic carbocycles. The predicted molar refractivity (Wildman–Crippen MR) is 131 cm³/mol. The zero-order valence-electron chi connectivity index (χ0n) is 19.5. The molecule has 0 N–H and O–H groups in total. The number of esters is 1. The molecule has 3 aromatic rings. The van der Waals surface area contributed by atoms with Crippen molar-refractivity contribution in [2.75, 3.05) is 33.4 Å². The summed E-state index contributed by atoms with van der Waals surface area (Å²) >= 11 is 0. The summed E-state index contributed by atoms with van der Waals surface area (Å²) < 4.78 is 10.9. The average molecular weight is 459 g/mol. The van der Waals surface area contributed by atoms with Crippen LogP contribution in [0.15, 0.2) is 60.7 Å². The Labute approximate surface area is 200 Å². The third kappa shape index (κ3) is 4.77. The highest BCUT2D eigenvalue weighted by Gasteiger charge is 2.26. The maximum absolute atomic E-state index is 13.3. The SMILES string of the molecule is COC(=O)C1CCN(Cc2ccc3c(c2)CN(C(=O)c2ccc4ccccc4c2)CCO3)CC1. The van der Waals surface area contributed by atoms with Gasteiger partial charge < -0.3 is 14.4 Å². The van der Waals surface area contributed by atoms with Crippen molar-refractivity contribution in [3.63, 3.8) is 0 Å². The van der Waals surface area contributed by atoms with E-state index in [1.807, 2.05) is 47.4 Å². The van der Waals surface area contributed by atoms with Gasteiger partial charge in [0.1, 0.15) is 12.4 Å². The van der Waals surface area contributed by atoms with E-state index in [2.05, 4.69) is 23.1 Å². The highest BCUT2D eigenvalue weighted by molar-refractivity contribution is 5.98. The topological polar surface area (TPSA) is 59.1 Å². The molecular weight excluding hydrogens is 428 g/mol. The molecule has 0 saturated carbocycles. The Morgan fingerprint density at radius 2 is 1.76 bits per heavy atom. The molecule has 0 aliphatic carbocycles. The number of methoxy groups -OCH3 is 1. The van der Waals surface area contributed by atoms with Crippen molar-refractivity contribution in [3.05, 3.63) is 77.4 Å². The smallest absolute Gasteiger partial charge is 0.308 e. The molecule has 2 aliphatic rings. The Balaban J connectivity index is 1.28. The van der Waals surface area contributed by atoms with E-state index in [4.69, 9.17) is 9.47 Å². The van der Waals surface area contributed by atoms with Crippen LogP contribution in [0.2, 0.25) is 0 Å². The molecule has 0 spiro atoms. The Morgan fingerprint density at radius 3 is 2.56 bits per heavy atom. The lowest BCUT2D eigenvalue weighted by atomic mass is 9.96. The Morgan fingerprint density at radius 1 is 0.971 bits per heavy atom. The number of ether oxygens (including phenoxy) is 2. The summed E-state index contributed by atoms with van der Waals surface area (Å²) in [5.74, 6) is 0.786. The summed E-state index contributed by atoms with van der Waals surface area (Å²) in [5.41, 5.74) is 2.93. The van der Waals surface area contributed by atoms with Crippen LogP contribution in [-0.2, 0) is 22.6 Å². The molecular formula is C28H30N2O4. The molecule has 1 saturated heterocycles. The molecule has 6 heteroatoms. The van der Waals surface area contributed by atoms with Gasteiger partial charge in [-0.25, -0.2) is 0 Å². The van der Waals surface area contributed by atoms with E-state index >= 15 is 0 Å². The van der Waals surface area contributed by atoms with Crippen molar-refractivity contribution in [1.29, 1.82) is 0 Å². The summed E-state index contributed by atoms with van der Waals surface area (Å²) in [6.07, 6.45) is 1.66. The van der Waals surface area contributed by atoms with E-state index in [9.17, 15) is 9.59 Å². The number of likely N-dealkylation sites (tertiary alicyclic amines) is 1. The van der Waals surface area contributed by atoms with Gasteiger partial charge in [-0.2, -0.15) is 0 Å². The van der Waals surface area contributed by atoms with Gasteiger partial charge in [0.2, 0.25) is 0 Å². The Bertz CT molecular complexity index is 1200. The lowest BCUT2D eigenvalue weighted by Gasteiger charge is -2.30. The minimum Gasteiger partial charge on any atom is -0.491 e. The van der Waals surface area contributed by atoms with Crippen LogP contribution in [0.1, 0.15) is 34.3 Å². The van der Waals surface area contributed by atoms with Crippen molar-refractivity contribution in [2.45, 2.75) is 25.9 Å². The third-order valence-electron chi connectivity index (χ3n) is 6.92. The first-order chi connectivity index (χ1) is 16.6.